The molecule has 3 rings (SSSR count). The molecule has 2 N–H and O–H groups in total. The van der Waals surface area contributed by atoms with E-state index in [1.807, 2.05) is 0 Å². The van der Waals surface area contributed by atoms with Crippen LogP contribution in [0.2, 0.25) is 0 Å². The standard InChI is InChI=1S/C17H21N3/c1-11-7-6-8-12(2)15(11)17-19-14-10-5-3-4-9-13(14)16(18)20-17/h6-8H,3-5,9-10H2,1-2H3,(H2,18,19,20). The van der Waals surface area contributed by atoms with E-state index in [0.29, 0.717) is 5.82 Å². The number of hydrogen-bond acceptors (Lipinski definition) is 3. The van der Waals surface area contributed by atoms with Gasteiger partial charge in [-0.2, -0.15) is 0 Å². The van der Waals surface area contributed by atoms with Gasteiger partial charge in [0.1, 0.15) is 5.82 Å². The van der Waals surface area contributed by atoms with Gasteiger partial charge in [0.05, 0.1) is 0 Å². The van der Waals surface area contributed by atoms with Crippen molar-refractivity contribution in [2.45, 2.75) is 46.0 Å². The normalized spacial score (nSPS) is 14.7. The third-order valence-electron chi connectivity index (χ3n) is 4.17. The first-order chi connectivity index (χ1) is 9.66. The van der Waals surface area contributed by atoms with Crippen molar-refractivity contribution < 1.29 is 0 Å². The lowest BCUT2D eigenvalue weighted by atomic mass is 10.0. The molecule has 0 bridgehead atoms. The molecule has 1 heterocycles. The Morgan fingerprint density at radius 3 is 2.40 bits per heavy atom. The van der Waals surface area contributed by atoms with Crippen LogP contribution in [0.5, 0.6) is 0 Å². The third-order valence-corrected chi connectivity index (χ3v) is 4.17. The lowest BCUT2D eigenvalue weighted by Crippen LogP contribution is -2.07. The minimum atomic E-state index is 0.676. The molecule has 0 atom stereocenters. The van der Waals surface area contributed by atoms with Gasteiger partial charge in [-0.15, -0.1) is 0 Å². The number of rotatable bonds is 1. The van der Waals surface area contributed by atoms with Gasteiger partial charge in [0, 0.05) is 16.8 Å². The van der Waals surface area contributed by atoms with Crippen molar-refractivity contribution in [1.82, 2.24) is 9.97 Å². The Hall–Kier alpha value is -1.90. The van der Waals surface area contributed by atoms with E-state index in [0.717, 1.165) is 29.9 Å². The Kier molecular flexibility index (Phi) is 3.43. The Labute approximate surface area is 120 Å². The second kappa shape index (κ2) is 5.23. The molecule has 104 valence electrons. The molecule has 0 aliphatic heterocycles. The molecule has 0 amide bonds. The maximum atomic E-state index is 6.20. The molecule has 20 heavy (non-hydrogen) atoms. The summed E-state index contributed by atoms with van der Waals surface area (Å²) in [5, 5.41) is 0. The number of nitrogen functional groups attached to an aromatic ring is 1. The monoisotopic (exact) mass is 267 g/mol. The molecule has 0 fully saturated rings. The molecule has 1 aliphatic carbocycles. The number of hydrogen-bond donors (Lipinski definition) is 1. The van der Waals surface area contributed by atoms with Gasteiger partial charge in [-0.25, -0.2) is 9.97 Å². The third kappa shape index (κ3) is 2.28. The molecular weight excluding hydrogens is 246 g/mol. The van der Waals surface area contributed by atoms with E-state index in [9.17, 15) is 0 Å². The van der Waals surface area contributed by atoms with Gasteiger partial charge in [0.15, 0.2) is 5.82 Å². The fourth-order valence-electron chi connectivity index (χ4n) is 3.08. The fourth-order valence-corrected chi connectivity index (χ4v) is 3.08. The summed E-state index contributed by atoms with van der Waals surface area (Å²) >= 11 is 0. The second-order valence-corrected chi connectivity index (χ2v) is 5.69. The van der Waals surface area contributed by atoms with E-state index in [1.165, 1.54) is 36.0 Å². The van der Waals surface area contributed by atoms with Gasteiger partial charge in [0.2, 0.25) is 0 Å². The molecule has 2 aromatic rings. The highest BCUT2D eigenvalue weighted by atomic mass is 15.0. The highest BCUT2D eigenvalue weighted by molar-refractivity contribution is 5.66. The molecule has 0 radical (unpaired) electrons. The van der Waals surface area contributed by atoms with Crippen LogP contribution in [0, 0.1) is 13.8 Å². The highest BCUT2D eigenvalue weighted by Crippen LogP contribution is 2.29. The van der Waals surface area contributed by atoms with Gasteiger partial charge >= 0.3 is 0 Å². The average molecular weight is 267 g/mol. The van der Waals surface area contributed by atoms with Crippen molar-refractivity contribution in [2.75, 3.05) is 5.73 Å². The van der Waals surface area contributed by atoms with Crippen LogP contribution < -0.4 is 5.73 Å². The molecule has 1 aromatic carbocycles. The van der Waals surface area contributed by atoms with Crippen LogP contribution in [0.1, 0.15) is 41.6 Å². The van der Waals surface area contributed by atoms with Crippen LogP contribution >= 0.6 is 0 Å². The molecule has 3 heteroatoms. The Balaban J connectivity index is 2.16. The van der Waals surface area contributed by atoms with Crippen LogP contribution in [0.25, 0.3) is 11.4 Å². The maximum Gasteiger partial charge on any atom is 0.162 e. The first kappa shape index (κ1) is 13.1. The SMILES string of the molecule is Cc1cccc(C)c1-c1nc(N)c2c(n1)CCCCC2. The van der Waals surface area contributed by atoms with Crippen molar-refractivity contribution in [1.29, 1.82) is 0 Å². The van der Waals surface area contributed by atoms with E-state index in [1.54, 1.807) is 0 Å². The number of fused-ring (bicyclic) bond motifs is 1. The van der Waals surface area contributed by atoms with Crippen LogP contribution in [0.15, 0.2) is 18.2 Å². The number of aryl methyl sites for hydroxylation is 3. The minimum Gasteiger partial charge on any atom is -0.383 e. The van der Waals surface area contributed by atoms with E-state index < -0.39 is 0 Å². The number of aromatic nitrogens is 2. The maximum absolute atomic E-state index is 6.20. The molecular formula is C17H21N3. The van der Waals surface area contributed by atoms with E-state index in [2.05, 4.69) is 37.0 Å². The molecule has 1 aliphatic rings. The number of benzene rings is 1. The van der Waals surface area contributed by atoms with Gasteiger partial charge in [-0.05, 0) is 50.7 Å². The lowest BCUT2D eigenvalue weighted by molar-refractivity contribution is 0.709. The predicted molar refractivity (Wildman–Crippen MR) is 82.6 cm³/mol. The lowest BCUT2D eigenvalue weighted by Gasteiger charge is -2.13. The van der Waals surface area contributed by atoms with Crippen molar-refractivity contribution in [3.8, 4) is 11.4 Å². The zero-order chi connectivity index (χ0) is 14.1. The summed E-state index contributed by atoms with van der Waals surface area (Å²) in [5.74, 6) is 1.47. The Morgan fingerprint density at radius 2 is 1.65 bits per heavy atom. The van der Waals surface area contributed by atoms with Crippen LogP contribution in [-0.2, 0) is 12.8 Å². The molecule has 0 spiro atoms. The topological polar surface area (TPSA) is 51.8 Å². The summed E-state index contributed by atoms with van der Waals surface area (Å²) in [7, 11) is 0. The minimum absolute atomic E-state index is 0.676. The number of nitrogens with two attached hydrogens (primary N) is 1. The van der Waals surface area contributed by atoms with E-state index >= 15 is 0 Å². The van der Waals surface area contributed by atoms with Crippen LogP contribution in [-0.4, -0.2) is 9.97 Å². The van der Waals surface area contributed by atoms with Gasteiger partial charge in [-0.1, -0.05) is 24.6 Å². The van der Waals surface area contributed by atoms with Gasteiger partial charge < -0.3 is 5.73 Å². The number of nitrogens with zero attached hydrogens (tertiary/aromatic N) is 2. The predicted octanol–water partition coefficient (Wildman–Crippen LogP) is 3.61. The van der Waals surface area contributed by atoms with Crippen molar-refractivity contribution in [2.24, 2.45) is 0 Å². The fraction of sp³-hybridized carbons (Fsp3) is 0.412. The van der Waals surface area contributed by atoms with Crippen molar-refractivity contribution in [3.63, 3.8) is 0 Å². The first-order valence-corrected chi connectivity index (χ1v) is 7.38. The molecule has 0 saturated heterocycles. The quantitative estimate of drug-likeness (QED) is 0.803. The zero-order valence-electron chi connectivity index (χ0n) is 12.2. The molecule has 1 aromatic heterocycles. The van der Waals surface area contributed by atoms with Crippen molar-refractivity contribution in [3.05, 3.63) is 40.6 Å². The first-order valence-electron chi connectivity index (χ1n) is 7.38. The Bertz CT molecular complexity index is 627. The van der Waals surface area contributed by atoms with Gasteiger partial charge in [-0.3, -0.25) is 0 Å². The van der Waals surface area contributed by atoms with E-state index in [4.69, 9.17) is 10.7 Å². The Morgan fingerprint density at radius 1 is 0.950 bits per heavy atom. The summed E-state index contributed by atoms with van der Waals surface area (Å²) in [4.78, 5) is 9.42. The highest BCUT2D eigenvalue weighted by Gasteiger charge is 2.17. The number of anilines is 1. The summed E-state index contributed by atoms with van der Waals surface area (Å²) in [6, 6.07) is 6.28. The smallest absolute Gasteiger partial charge is 0.162 e. The second-order valence-electron chi connectivity index (χ2n) is 5.69. The molecule has 3 nitrogen and oxygen atoms in total. The average Bonchev–Trinajstić information content (AvgIpc) is 2.64. The summed E-state index contributed by atoms with van der Waals surface area (Å²) < 4.78 is 0. The van der Waals surface area contributed by atoms with E-state index in [-0.39, 0.29) is 0 Å². The summed E-state index contributed by atoms with van der Waals surface area (Å²) in [5.41, 5.74) is 12.1. The molecule has 0 unspecified atom stereocenters. The van der Waals surface area contributed by atoms with Crippen LogP contribution in [0.3, 0.4) is 0 Å². The molecule has 0 saturated carbocycles. The van der Waals surface area contributed by atoms with Gasteiger partial charge in [0.25, 0.3) is 0 Å². The summed E-state index contributed by atoms with van der Waals surface area (Å²) in [6.45, 7) is 4.21. The summed E-state index contributed by atoms with van der Waals surface area (Å²) in [6.07, 6.45) is 5.71. The van der Waals surface area contributed by atoms with Crippen LogP contribution in [0.4, 0.5) is 5.82 Å². The zero-order valence-corrected chi connectivity index (χ0v) is 12.2. The largest absolute Gasteiger partial charge is 0.383 e. The van der Waals surface area contributed by atoms with Crippen molar-refractivity contribution >= 4 is 5.82 Å².